The number of carbonyl (C=O) groups is 4. The van der Waals surface area contributed by atoms with Crippen LogP contribution in [0.25, 0.3) is 10.4 Å². The number of aryl methyl sites for hydroxylation is 1. The molecule has 16 nitrogen and oxygen atoms in total. The molecule has 2 unspecified atom stereocenters. The second-order valence-electron chi connectivity index (χ2n) is 19.8. The van der Waals surface area contributed by atoms with Gasteiger partial charge in [0.1, 0.15) is 23.8 Å². The fourth-order valence-electron chi connectivity index (χ4n) is 9.71. The highest BCUT2D eigenvalue weighted by molar-refractivity contribution is 7.14. The van der Waals surface area contributed by atoms with Gasteiger partial charge < -0.3 is 35.8 Å². The number of benzene rings is 3. The first-order chi connectivity index (χ1) is 34.4. The summed E-state index contributed by atoms with van der Waals surface area (Å²) in [6, 6.07) is 13.4. The maximum Gasteiger partial charge on any atom is 0.256 e. The Labute approximate surface area is 427 Å². The third-order valence-electron chi connectivity index (χ3n) is 13.6. The Morgan fingerprint density at radius 1 is 0.986 bits per heavy atom. The minimum atomic E-state index is -1.34. The highest BCUT2D eigenvalue weighted by Gasteiger charge is 2.46. The average Bonchev–Trinajstić information content (AvgIpc) is 4.17. The van der Waals surface area contributed by atoms with E-state index in [2.05, 4.69) is 47.6 Å². The van der Waals surface area contributed by atoms with Crippen molar-refractivity contribution in [2.45, 2.75) is 96.9 Å². The van der Waals surface area contributed by atoms with Crippen LogP contribution < -0.4 is 16.0 Å². The number of aliphatic hydroxyl groups excluding tert-OH is 2. The van der Waals surface area contributed by atoms with Crippen LogP contribution in [0.3, 0.4) is 0 Å². The van der Waals surface area contributed by atoms with Crippen LogP contribution in [-0.4, -0.2) is 139 Å². The molecule has 3 aromatic carbocycles. The summed E-state index contributed by atoms with van der Waals surface area (Å²) >= 11 is 2.77. The van der Waals surface area contributed by atoms with Gasteiger partial charge in [-0.3, -0.25) is 34.3 Å². The molecule has 2 aromatic heterocycles. The van der Waals surface area contributed by atoms with Crippen LogP contribution in [0.5, 0.6) is 5.75 Å². The van der Waals surface area contributed by atoms with E-state index in [1.165, 1.54) is 22.4 Å². The topological polar surface area (TPSA) is 204 Å². The molecule has 5 aromatic rings. The van der Waals surface area contributed by atoms with Crippen molar-refractivity contribution in [3.63, 3.8) is 0 Å². The van der Waals surface area contributed by atoms with Crippen LogP contribution in [0, 0.1) is 30.0 Å². The maximum absolute atomic E-state index is 14.5. The molecule has 3 aliphatic heterocycles. The molecule has 72 heavy (non-hydrogen) atoms. The van der Waals surface area contributed by atoms with E-state index in [-0.39, 0.29) is 55.2 Å². The van der Waals surface area contributed by atoms with Crippen molar-refractivity contribution < 1.29 is 38.9 Å². The lowest BCUT2D eigenvalue weighted by atomic mass is 9.85. The number of likely N-dealkylation sites (tertiary alicyclic amines) is 1. The lowest BCUT2D eigenvalue weighted by molar-refractivity contribution is -0.135. The van der Waals surface area contributed by atoms with E-state index in [9.17, 15) is 38.9 Å². The number of rotatable bonds is 16. The number of aromatic hydroxyl groups is 1. The normalized spacial score (nSPS) is 19.2. The SMILES string of the molecule is Cc1ncsc1-c1ccc([C@H](C)NC(=O)[C@@H]2C[C@@H](O)CN2C(O)[C@@H](NC(=O)CN2CCN(CCCC#Cc3cccc4c3C(=O)N(C(C(=O)Nc3nccs3)c3cc(F)ccc3O)C4)CC2)C(C)(C)C)cc1. The van der Waals surface area contributed by atoms with E-state index in [1.54, 1.807) is 39.8 Å². The number of hydrogen-bond acceptors (Lipinski definition) is 14. The van der Waals surface area contributed by atoms with Gasteiger partial charge in [0.15, 0.2) is 5.13 Å². The van der Waals surface area contributed by atoms with E-state index in [4.69, 9.17) is 0 Å². The first-order valence-corrected chi connectivity index (χ1v) is 26.0. The largest absolute Gasteiger partial charge is 0.508 e. The standard InChI is InChI=1S/C53H62FN9O7S2/c1-32(34-13-15-36(16-14-34)46-33(2)56-31-72-46)57-48(67)41-27-39(64)29-62(41)51(70)47(53(3,4)5)58-43(66)30-61-23-21-60(22-24-61)20-8-6-7-10-35-11-9-12-37-28-63(50(69)44(35)37)45(40-26-38(54)17-18-42(40)65)49(68)59-52-55-19-25-71-52/h9,11-19,25-26,31-32,39,41,45,47,51,64-65,70H,6,8,20-24,27-30H2,1-5H3,(H,57,67)(H,58,66)(H,55,59,68)/t32-,39+,41-,45?,47+,51?/m0/s1. The van der Waals surface area contributed by atoms with Gasteiger partial charge in [0.25, 0.3) is 11.8 Å². The molecule has 2 saturated heterocycles. The van der Waals surface area contributed by atoms with Gasteiger partial charge in [-0.25, -0.2) is 14.4 Å². The van der Waals surface area contributed by atoms with Gasteiger partial charge in [-0.05, 0) is 79.6 Å². The van der Waals surface area contributed by atoms with Crippen molar-refractivity contribution in [2.24, 2.45) is 5.41 Å². The Balaban J connectivity index is 0.806. The van der Waals surface area contributed by atoms with Crippen LogP contribution in [-0.2, 0) is 20.9 Å². The Hall–Kier alpha value is -6.11. The van der Waals surface area contributed by atoms with E-state index >= 15 is 0 Å². The number of unbranched alkanes of at least 4 members (excludes halogenated alkanes) is 1. The number of piperazine rings is 1. The van der Waals surface area contributed by atoms with Crippen LogP contribution >= 0.6 is 22.7 Å². The molecule has 2 fully saturated rings. The van der Waals surface area contributed by atoms with Gasteiger partial charge in [-0.1, -0.05) is 69.0 Å². The highest BCUT2D eigenvalue weighted by Crippen LogP contribution is 2.38. The fraction of sp³-hybridized carbons (Fsp3) is 0.434. The first kappa shape index (κ1) is 52.2. The molecule has 3 aliphatic rings. The molecule has 0 bridgehead atoms. The number of carbonyl (C=O) groups excluding carboxylic acids is 4. The Kier molecular flexibility index (Phi) is 16.5. The summed E-state index contributed by atoms with van der Waals surface area (Å²) in [6.45, 7) is 13.6. The minimum Gasteiger partial charge on any atom is -0.508 e. The minimum absolute atomic E-state index is 0.0456. The number of β-amino-alcohol motifs (C(OH)–C–C–N with tert-alkyl or cyclic N) is 1. The van der Waals surface area contributed by atoms with Crippen LogP contribution in [0.15, 0.2) is 77.8 Å². The lowest BCUT2D eigenvalue weighted by Gasteiger charge is -2.41. The van der Waals surface area contributed by atoms with E-state index in [0.717, 1.165) is 66.0 Å². The number of thiazole rings is 2. The van der Waals surface area contributed by atoms with E-state index in [0.29, 0.717) is 41.3 Å². The number of anilines is 1. The average molecular weight is 1020 g/mol. The van der Waals surface area contributed by atoms with E-state index in [1.807, 2.05) is 64.4 Å². The van der Waals surface area contributed by atoms with Crippen LogP contribution in [0.1, 0.15) is 97.3 Å². The zero-order chi connectivity index (χ0) is 51.3. The summed E-state index contributed by atoms with van der Waals surface area (Å²) in [5, 5.41) is 44.2. The molecule has 6 N–H and O–H groups in total. The summed E-state index contributed by atoms with van der Waals surface area (Å²) in [5.74, 6) is 3.76. The number of aliphatic hydroxyl groups is 2. The maximum atomic E-state index is 14.5. The van der Waals surface area contributed by atoms with Crippen molar-refractivity contribution in [2.75, 3.05) is 51.1 Å². The Bertz CT molecular complexity index is 2800. The molecule has 0 radical (unpaired) electrons. The smallest absolute Gasteiger partial charge is 0.256 e. The van der Waals surface area contributed by atoms with Gasteiger partial charge in [-0.15, -0.1) is 22.7 Å². The quantitative estimate of drug-likeness (QED) is 0.0524. The number of nitrogens with one attached hydrogen (secondary N) is 3. The molecule has 5 heterocycles. The predicted octanol–water partition coefficient (Wildman–Crippen LogP) is 5.67. The second kappa shape index (κ2) is 22.8. The number of amides is 4. The summed E-state index contributed by atoms with van der Waals surface area (Å²) in [7, 11) is 0. The molecule has 0 aliphatic carbocycles. The van der Waals surface area contributed by atoms with E-state index < -0.39 is 53.5 Å². The molecule has 4 amide bonds. The molecule has 19 heteroatoms. The molecular weight excluding hydrogens is 958 g/mol. The zero-order valence-corrected chi connectivity index (χ0v) is 42.7. The highest BCUT2D eigenvalue weighted by atomic mass is 32.1. The molecule has 0 saturated carbocycles. The second-order valence-corrected chi connectivity index (χ2v) is 21.5. The van der Waals surface area contributed by atoms with Gasteiger partial charge in [0, 0.05) is 68.4 Å². The zero-order valence-electron chi connectivity index (χ0n) is 41.1. The molecule has 8 rings (SSSR count). The predicted molar refractivity (Wildman–Crippen MR) is 274 cm³/mol. The lowest BCUT2D eigenvalue weighted by Crippen LogP contribution is -2.61. The summed E-state index contributed by atoms with van der Waals surface area (Å²) in [6.07, 6.45) is 0.958. The monoisotopic (exact) mass is 1020 g/mol. The third-order valence-corrected chi connectivity index (χ3v) is 15.3. The summed E-state index contributed by atoms with van der Waals surface area (Å²) in [4.78, 5) is 72.1. The van der Waals surface area contributed by atoms with Crippen LogP contribution in [0.2, 0.25) is 0 Å². The van der Waals surface area contributed by atoms with Crippen molar-refractivity contribution in [3.8, 4) is 28.0 Å². The number of phenolic OH excluding ortho intramolecular Hbond substituents is 1. The van der Waals surface area contributed by atoms with Crippen molar-refractivity contribution in [1.29, 1.82) is 0 Å². The number of aromatic nitrogens is 2. The summed E-state index contributed by atoms with van der Waals surface area (Å²) < 4.78 is 14.5. The first-order valence-electron chi connectivity index (χ1n) is 24.2. The van der Waals surface area contributed by atoms with Gasteiger partial charge in [0.2, 0.25) is 11.8 Å². The number of hydrogen-bond donors (Lipinski definition) is 6. The number of fused-ring (bicyclic) bond motifs is 1. The number of nitrogens with zero attached hydrogens (tertiary/aromatic N) is 6. The molecular formula is C53H62FN9O7S2. The van der Waals surface area contributed by atoms with Gasteiger partial charge in [0.05, 0.1) is 52.4 Å². The fourth-order valence-corrected chi connectivity index (χ4v) is 11.0. The molecule has 0 spiro atoms. The van der Waals surface area contributed by atoms with Crippen molar-refractivity contribution >= 4 is 51.4 Å². The van der Waals surface area contributed by atoms with Gasteiger partial charge in [-0.2, -0.15) is 0 Å². The Morgan fingerprint density at radius 2 is 1.74 bits per heavy atom. The van der Waals surface area contributed by atoms with Crippen molar-refractivity contribution in [1.82, 2.24) is 40.2 Å². The summed E-state index contributed by atoms with van der Waals surface area (Å²) in [5.41, 5.74) is 5.67. The Morgan fingerprint density at radius 3 is 2.43 bits per heavy atom. The number of phenols is 1. The molecule has 380 valence electrons. The van der Waals surface area contributed by atoms with Gasteiger partial charge >= 0.3 is 0 Å². The number of halogens is 1. The third kappa shape index (κ3) is 12.2. The van der Waals surface area contributed by atoms with Crippen LogP contribution in [0.4, 0.5) is 9.52 Å². The molecule has 6 atom stereocenters. The van der Waals surface area contributed by atoms with Crippen molar-refractivity contribution in [3.05, 3.63) is 117 Å².